The van der Waals surface area contributed by atoms with E-state index in [1.54, 1.807) is 6.92 Å². The van der Waals surface area contributed by atoms with Gasteiger partial charge in [0, 0.05) is 5.69 Å². The molecule has 0 saturated heterocycles. The van der Waals surface area contributed by atoms with Crippen molar-refractivity contribution in [2.24, 2.45) is 0 Å². The van der Waals surface area contributed by atoms with Crippen LogP contribution in [0.5, 0.6) is 0 Å². The smallest absolute Gasteiger partial charge is 0.260 e. The summed E-state index contributed by atoms with van der Waals surface area (Å²) in [6.45, 7) is 5.65. The molecule has 0 saturated carbocycles. The summed E-state index contributed by atoms with van der Waals surface area (Å²) in [5.74, 6) is 0.324. The summed E-state index contributed by atoms with van der Waals surface area (Å²) in [5.41, 5.74) is 3.41. The Morgan fingerprint density at radius 3 is 2.71 bits per heavy atom. The maximum absolute atomic E-state index is 11.9. The molecule has 4 heteroatoms. The molecule has 2 rings (SSSR count). The van der Waals surface area contributed by atoms with Crippen LogP contribution < -0.4 is 5.32 Å². The summed E-state index contributed by atoms with van der Waals surface area (Å²) in [7, 11) is 0. The molecule has 1 heterocycles. The van der Waals surface area contributed by atoms with Gasteiger partial charge in [-0.15, -0.1) is 0 Å². The predicted molar refractivity (Wildman–Crippen MR) is 65.1 cm³/mol. The maximum atomic E-state index is 11.9. The average molecular weight is 230 g/mol. The number of hydrogen-bond donors (Lipinski definition) is 1. The number of benzene rings is 1. The van der Waals surface area contributed by atoms with Gasteiger partial charge in [0.15, 0.2) is 0 Å². The fourth-order valence-corrected chi connectivity index (χ4v) is 1.58. The number of nitrogens with one attached hydrogen (secondary N) is 1. The lowest BCUT2D eigenvalue weighted by Gasteiger charge is -2.08. The monoisotopic (exact) mass is 230 g/mol. The number of carbonyl (C=O) groups is 1. The summed E-state index contributed by atoms with van der Waals surface area (Å²) in [5, 5.41) is 6.44. The number of amides is 1. The Kier molecular flexibility index (Phi) is 2.95. The van der Waals surface area contributed by atoms with Gasteiger partial charge in [-0.2, -0.15) is 0 Å². The van der Waals surface area contributed by atoms with E-state index in [2.05, 4.69) is 10.5 Å². The minimum atomic E-state index is -0.197. The summed E-state index contributed by atoms with van der Waals surface area (Å²) in [6, 6.07) is 5.93. The number of aromatic nitrogens is 1. The van der Waals surface area contributed by atoms with E-state index in [0.717, 1.165) is 16.8 Å². The average Bonchev–Trinajstić information content (AvgIpc) is 2.70. The third kappa shape index (κ3) is 2.36. The quantitative estimate of drug-likeness (QED) is 0.863. The highest BCUT2D eigenvalue weighted by Crippen LogP contribution is 2.18. The van der Waals surface area contributed by atoms with Gasteiger partial charge in [-0.05, 0) is 38.0 Å². The molecule has 1 amide bonds. The standard InChI is InChI=1S/C13H14N2O2/c1-8-4-5-9(2)12(6-8)15-13(16)11-7-14-17-10(11)3/h4-7H,1-3H3,(H,15,16). The van der Waals surface area contributed by atoms with Crippen molar-refractivity contribution in [1.82, 2.24) is 5.16 Å². The van der Waals surface area contributed by atoms with Gasteiger partial charge in [0.2, 0.25) is 0 Å². The molecule has 2 aromatic rings. The molecule has 1 N–H and O–H groups in total. The number of nitrogens with zero attached hydrogens (tertiary/aromatic N) is 1. The van der Waals surface area contributed by atoms with Crippen molar-refractivity contribution < 1.29 is 9.32 Å². The molecule has 17 heavy (non-hydrogen) atoms. The Balaban J connectivity index is 2.24. The molecule has 1 aromatic heterocycles. The largest absolute Gasteiger partial charge is 0.361 e. The molecule has 0 aliphatic rings. The van der Waals surface area contributed by atoms with Crippen molar-refractivity contribution in [3.8, 4) is 0 Å². The van der Waals surface area contributed by atoms with Gasteiger partial charge in [0.1, 0.15) is 11.3 Å². The normalized spacial score (nSPS) is 10.3. The first-order valence-electron chi connectivity index (χ1n) is 5.38. The molecular formula is C13H14N2O2. The van der Waals surface area contributed by atoms with Crippen LogP contribution in [0, 0.1) is 20.8 Å². The topological polar surface area (TPSA) is 55.1 Å². The fourth-order valence-electron chi connectivity index (χ4n) is 1.58. The van der Waals surface area contributed by atoms with E-state index in [-0.39, 0.29) is 5.91 Å². The van der Waals surface area contributed by atoms with Crippen LogP contribution in [0.15, 0.2) is 28.9 Å². The van der Waals surface area contributed by atoms with Gasteiger partial charge < -0.3 is 9.84 Å². The summed E-state index contributed by atoms with van der Waals surface area (Å²) >= 11 is 0. The first-order valence-corrected chi connectivity index (χ1v) is 5.38. The molecule has 0 bridgehead atoms. The van der Waals surface area contributed by atoms with Crippen LogP contribution in [-0.4, -0.2) is 11.1 Å². The Hall–Kier alpha value is -2.10. The van der Waals surface area contributed by atoms with Crippen LogP contribution in [-0.2, 0) is 0 Å². The Morgan fingerprint density at radius 2 is 2.06 bits per heavy atom. The molecule has 1 aromatic carbocycles. The second kappa shape index (κ2) is 4.41. The van der Waals surface area contributed by atoms with Crippen molar-refractivity contribution in [2.45, 2.75) is 20.8 Å². The zero-order valence-corrected chi connectivity index (χ0v) is 10.1. The highest BCUT2D eigenvalue weighted by atomic mass is 16.5. The van der Waals surface area contributed by atoms with E-state index in [0.29, 0.717) is 11.3 Å². The van der Waals surface area contributed by atoms with Crippen molar-refractivity contribution >= 4 is 11.6 Å². The van der Waals surface area contributed by atoms with Crippen LogP contribution in [0.2, 0.25) is 0 Å². The molecule has 4 nitrogen and oxygen atoms in total. The minimum Gasteiger partial charge on any atom is -0.361 e. The van der Waals surface area contributed by atoms with Gasteiger partial charge in [0.05, 0.1) is 6.20 Å². The van der Waals surface area contributed by atoms with E-state index in [1.165, 1.54) is 6.20 Å². The number of hydrogen-bond acceptors (Lipinski definition) is 3. The zero-order valence-electron chi connectivity index (χ0n) is 10.1. The van der Waals surface area contributed by atoms with Crippen LogP contribution >= 0.6 is 0 Å². The van der Waals surface area contributed by atoms with Crippen LogP contribution in [0.3, 0.4) is 0 Å². The summed E-state index contributed by atoms with van der Waals surface area (Å²) < 4.78 is 4.87. The third-order valence-corrected chi connectivity index (χ3v) is 2.64. The molecule has 0 unspecified atom stereocenters. The zero-order chi connectivity index (χ0) is 12.4. The molecule has 0 spiro atoms. The number of carbonyl (C=O) groups excluding carboxylic acids is 1. The highest BCUT2D eigenvalue weighted by Gasteiger charge is 2.13. The molecule has 0 atom stereocenters. The Bertz CT molecular complexity index is 558. The van der Waals surface area contributed by atoms with Crippen molar-refractivity contribution in [1.29, 1.82) is 0 Å². The van der Waals surface area contributed by atoms with Gasteiger partial charge in [-0.25, -0.2) is 0 Å². The summed E-state index contributed by atoms with van der Waals surface area (Å²) in [4.78, 5) is 11.9. The number of rotatable bonds is 2. The number of aryl methyl sites for hydroxylation is 3. The van der Waals surface area contributed by atoms with E-state index < -0.39 is 0 Å². The van der Waals surface area contributed by atoms with Gasteiger partial charge in [0.25, 0.3) is 5.91 Å². The first-order chi connectivity index (χ1) is 8.08. The van der Waals surface area contributed by atoms with E-state index in [1.807, 2.05) is 32.0 Å². The van der Waals surface area contributed by atoms with E-state index in [9.17, 15) is 4.79 Å². The Labute approximate surface area is 99.6 Å². The summed E-state index contributed by atoms with van der Waals surface area (Å²) in [6.07, 6.45) is 1.43. The molecule has 0 aliphatic carbocycles. The maximum Gasteiger partial charge on any atom is 0.260 e. The van der Waals surface area contributed by atoms with Crippen LogP contribution in [0.1, 0.15) is 27.2 Å². The fraction of sp³-hybridized carbons (Fsp3) is 0.231. The van der Waals surface area contributed by atoms with Crippen molar-refractivity contribution in [3.63, 3.8) is 0 Å². The Morgan fingerprint density at radius 1 is 1.29 bits per heavy atom. The molecule has 88 valence electrons. The highest BCUT2D eigenvalue weighted by molar-refractivity contribution is 6.05. The minimum absolute atomic E-state index is 0.197. The molecule has 0 radical (unpaired) electrons. The SMILES string of the molecule is Cc1ccc(C)c(NC(=O)c2cnoc2C)c1. The lowest BCUT2D eigenvalue weighted by atomic mass is 10.1. The lowest BCUT2D eigenvalue weighted by Crippen LogP contribution is -2.13. The second-order valence-corrected chi connectivity index (χ2v) is 4.07. The van der Waals surface area contributed by atoms with Gasteiger partial charge in [-0.3, -0.25) is 4.79 Å². The lowest BCUT2D eigenvalue weighted by molar-refractivity contribution is 0.102. The van der Waals surface area contributed by atoms with Gasteiger partial charge >= 0.3 is 0 Å². The number of anilines is 1. The van der Waals surface area contributed by atoms with Crippen LogP contribution in [0.4, 0.5) is 5.69 Å². The second-order valence-electron chi connectivity index (χ2n) is 4.07. The molecule has 0 aliphatic heterocycles. The van der Waals surface area contributed by atoms with Crippen molar-refractivity contribution in [3.05, 3.63) is 46.8 Å². The molecule has 0 fully saturated rings. The van der Waals surface area contributed by atoms with E-state index in [4.69, 9.17) is 4.52 Å². The first kappa shape index (κ1) is 11.4. The molecular weight excluding hydrogens is 216 g/mol. The van der Waals surface area contributed by atoms with Crippen molar-refractivity contribution in [2.75, 3.05) is 5.32 Å². The predicted octanol–water partition coefficient (Wildman–Crippen LogP) is 2.85. The van der Waals surface area contributed by atoms with E-state index >= 15 is 0 Å². The van der Waals surface area contributed by atoms with Gasteiger partial charge in [-0.1, -0.05) is 17.3 Å². The van der Waals surface area contributed by atoms with Crippen LogP contribution in [0.25, 0.3) is 0 Å². The third-order valence-electron chi connectivity index (χ3n) is 2.64.